The van der Waals surface area contributed by atoms with Crippen LogP contribution in [0.5, 0.6) is 0 Å². The van der Waals surface area contributed by atoms with Crippen molar-refractivity contribution in [3.05, 3.63) is 87.5 Å². The number of aryl methyl sites for hydroxylation is 2. The number of para-hydroxylation sites is 1. The molecule has 0 spiro atoms. The highest BCUT2D eigenvalue weighted by molar-refractivity contribution is 9.10. The van der Waals surface area contributed by atoms with Crippen LogP contribution >= 0.6 is 27.5 Å². The molecule has 5 heteroatoms. The summed E-state index contributed by atoms with van der Waals surface area (Å²) in [7, 11) is 0. The zero-order chi connectivity index (χ0) is 20.1. The Kier molecular flexibility index (Phi) is 4.41. The topological polar surface area (TPSA) is 30.7 Å². The number of hydrogen-bond acceptors (Lipinski definition) is 2. The van der Waals surface area contributed by atoms with Crippen LogP contribution in [0.4, 0.5) is 0 Å². The molecule has 2 aromatic heterocycles. The van der Waals surface area contributed by atoms with Gasteiger partial charge in [0.2, 0.25) is 0 Å². The van der Waals surface area contributed by atoms with Crippen LogP contribution in [-0.2, 0) is 0 Å². The molecule has 5 aromatic rings. The van der Waals surface area contributed by atoms with Gasteiger partial charge in [-0.05, 0) is 71.2 Å². The molecule has 0 atom stereocenters. The van der Waals surface area contributed by atoms with E-state index in [1.165, 1.54) is 11.1 Å². The smallest absolute Gasteiger partial charge is 0.102 e. The van der Waals surface area contributed by atoms with Crippen molar-refractivity contribution in [2.24, 2.45) is 0 Å². The van der Waals surface area contributed by atoms with E-state index in [9.17, 15) is 0 Å². The lowest BCUT2D eigenvalue weighted by Gasteiger charge is -2.08. The van der Waals surface area contributed by atoms with Crippen LogP contribution in [0.1, 0.15) is 11.1 Å². The molecule has 0 radical (unpaired) electrons. The summed E-state index contributed by atoms with van der Waals surface area (Å²) < 4.78 is 2.89. The standard InChI is InChI=1S/C24H17BrClN3/c1-14-7-9-17(11-15(14)2)29-24-18-5-3-4-6-22(18)27-13-19(24)23(28-29)16-8-10-20(25)21(26)12-16/h3-13H,1-2H3. The fraction of sp³-hybridized carbons (Fsp3) is 0.0833. The van der Waals surface area contributed by atoms with Crippen molar-refractivity contribution in [1.29, 1.82) is 0 Å². The highest BCUT2D eigenvalue weighted by Crippen LogP contribution is 2.36. The quantitative estimate of drug-likeness (QED) is 0.276. The molecule has 5 rings (SSSR count). The molecule has 0 fully saturated rings. The Balaban J connectivity index is 1.89. The first-order valence-corrected chi connectivity index (χ1v) is 10.5. The van der Waals surface area contributed by atoms with Gasteiger partial charge in [0.25, 0.3) is 0 Å². The van der Waals surface area contributed by atoms with Crippen molar-refractivity contribution in [3.8, 4) is 16.9 Å². The van der Waals surface area contributed by atoms with Gasteiger partial charge in [0, 0.05) is 27.0 Å². The van der Waals surface area contributed by atoms with E-state index in [1.807, 2.05) is 47.3 Å². The van der Waals surface area contributed by atoms with Crippen LogP contribution < -0.4 is 0 Å². The first kappa shape index (κ1) is 18.3. The zero-order valence-corrected chi connectivity index (χ0v) is 18.3. The maximum absolute atomic E-state index is 6.37. The van der Waals surface area contributed by atoms with Crippen LogP contribution in [-0.4, -0.2) is 14.8 Å². The lowest BCUT2D eigenvalue weighted by Crippen LogP contribution is -1.98. The number of nitrogens with zero attached hydrogens (tertiary/aromatic N) is 3. The summed E-state index contributed by atoms with van der Waals surface area (Å²) in [5.74, 6) is 0. The monoisotopic (exact) mass is 461 g/mol. The maximum Gasteiger partial charge on any atom is 0.102 e. The molecule has 0 unspecified atom stereocenters. The third-order valence-electron chi connectivity index (χ3n) is 5.34. The molecular weight excluding hydrogens is 446 g/mol. The van der Waals surface area contributed by atoms with Gasteiger partial charge in [0.05, 0.1) is 21.7 Å². The first-order valence-electron chi connectivity index (χ1n) is 9.32. The third kappa shape index (κ3) is 3.04. The number of halogens is 2. The van der Waals surface area contributed by atoms with Gasteiger partial charge in [-0.2, -0.15) is 5.10 Å². The molecule has 0 aliphatic heterocycles. The minimum absolute atomic E-state index is 0.658. The molecule has 2 heterocycles. The Hall–Kier alpha value is -2.69. The highest BCUT2D eigenvalue weighted by atomic mass is 79.9. The Bertz CT molecular complexity index is 1400. The molecule has 0 bridgehead atoms. The van der Waals surface area contributed by atoms with Crippen LogP contribution in [0.25, 0.3) is 38.8 Å². The second kappa shape index (κ2) is 6.97. The normalized spacial score (nSPS) is 11.4. The summed E-state index contributed by atoms with van der Waals surface area (Å²) in [6.07, 6.45) is 1.91. The van der Waals surface area contributed by atoms with Gasteiger partial charge in [-0.1, -0.05) is 41.9 Å². The Labute approximate surface area is 182 Å². The van der Waals surface area contributed by atoms with Crippen LogP contribution in [0, 0.1) is 13.8 Å². The second-order valence-electron chi connectivity index (χ2n) is 7.20. The maximum atomic E-state index is 6.37. The number of pyridine rings is 1. The molecule has 0 aliphatic carbocycles. The molecule has 0 amide bonds. The lowest BCUT2D eigenvalue weighted by molar-refractivity contribution is 0.915. The average Bonchev–Trinajstić information content (AvgIpc) is 3.12. The van der Waals surface area contributed by atoms with Gasteiger partial charge in [-0.3, -0.25) is 4.98 Å². The summed E-state index contributed by atoms with van der Waals surface area (Å²) in [6.45, 7) is 4.24. The van der Waals surface area contributed by atoms with Crippen molar-refractivity contribution < 1.29 is 0 Å². The number of hydrogen-bond donors (Lipinski definition) is 0. The number of fused-ring (bicyclic) bond motifs is 3. The highest BCUT2D eigenvalue weighted by Gasteiger charge is 2.18. The second-order valence-corrected chi connectivity index (χ2v) is 8.46. The molecule has 29 heavy (non-hydrogen) atoms. The van der Waals surface area contributed by atoms with Crippen LogP contribution in [0.3, 0.4) is 0 Å². The molecule has 0 N–H and O–H groups in total. The Morgan fingerprint density at radius 1 is 0.897 bits per heavy atom. The van der Waals surface area contributed by atoms with Crippen molar-refractivity contribution in [2.75, 3.05) is 0 Å². The summed E-state index contributed by atoms with van der Waals surface area (Å²) in [6, 6.07) is 20.5. The summed E-state index contributed by atoms with van der Waals surface area (Å²) >= 11 is 9.85. The van der Waals surface area contributed by atoms with E-state index in [0.717, 1.165) is 43.2 Å². The van der Waals surface area contributed by atoms with Crippen molar-refractivity contribution in [1.82, 2.24) is 14.8 Å². The molecule has 0 aliphatic rings. The number of benzene rings is 3. The SMILES string of the molecule is Cc1ccc(-n2nc(-c3ccc(Br)c(Cl)c3)c3cnc4ccccc4c32)cc1C. The largest absolute Gasteiger partial charge is 0.255 e. The fourth-order valence-electron chi connectivity index (χ4n) is 3.63. The van der Waals surface area contributed by atoms with Gasteiger partial charge in [-0.25, -0.2) is 4.68 Å². The molecule has 3 nitrogen and oxygen atoms in total. The Morgan fingerprint density at radius 2 is 1.72 bits per heavy atom. The predicted octanol–water partition coefficient (Wildman–Crippen LogP) is 7.27. The Morgan fingerprint density at radius 3 is 2.52 bits per heavy atom. The molecule has 142 valence electrons. The van der Waals surface area contributed by atoms with Gasteiger partial charge < -0.3 is 0 Å². The summed E-state index contributed by atoms with van der Waals surface area (Å²) in [5, 5.41) is 7.76. The number of aromatic nitrogens is 3. The third-order valence-corrected chi connectivity index (χ3v) is 6.57. The van der Waals surface area contributed by atoms with Gasteiger partial charge in [-0.15, -0.1) is 0 Å². The van der Waals surface area contributed by atoms with E-state index < -0.39 is 0 Å². The van der Waals surface area contributed by atoms with Crippen molar-refractivity contribution in [3.63, 3.8) is 0 Å². The van der Waals surface area contributed by atoms with Gasteiger partial charge in [0.1, 0.15) is 5.69 Å². The summed E-state index contributed by atoms with van der Waals surface area (Å²) in [5.41, 5.74) is 7.35. The van der Waals surface area contributed by atoms with E-state index in [2.05, 4.69) is 59.0 Å². The molecule has 0 saturated carbocycles. The lowest BCUT2D eigenvalue weighted by atomic mass is 10.1. The van der Waals surface area contributed by atoms with Gasteiger partial charge >= 0.3 is 0 Å². The van der Waals surface area contributed by atoms with Crippen molar-refractivity contribution in [2.45, 2.75) is 13.8 Å². The van der Waals surface area contributed by atoms with Crippen LogP contribution in [0.2, 0.25) is 5.02 Å². The van der Waals surface area contributed by atoms with E-state index in [4.69, 9.17) is 16.7 Å². The first-order chi connectivity index (χ1) is 14.0. The molecule has 0 saturated heterocycles. The van der Waals surface area contributed by atoms with E-state index in [0.29, 0.717) is 5.02 Å². The van der Waals surface area contributed by atoms with Crippen molar-refractivity contribution >= 4 is 49.3 Å². The van der Waals surface area contributed by atoms with E-state index >= 15 is 0 Å². The fourth-order valence-corrected chi connectivity index (χ4v) is 4.06. The van der Waals surface area contributed by atoms with Gasteiger partial charge in [0.15, 0.2) is 0 Å². The zero-order valence-electron chi connectivity index (χ0n) is 15.9. The number of rotatable bonds is 2. The molecule has 3 aromatic carbocycles. The minimum atomic E-state index is 0.658. The minimum Gasteiger partial charge on any atom is -0.255 e. The summed E-state index contributed by atoms with van der Waals surface area (Å²) in [4.78, 5) is 4.68. The molecular formula is C24H17BrClN3. The average molecular weight is 463 g/mol. The van der Waals surface area contributed by atoms with E-state index in [1.54, 1.807) is 0 Å². The van der Waals surface area contributed by atoms with E-state index in [-0.39, 0.29) is 0 Å². The van der Waals surface area contributed by atoms with Crippen LogP contribution in [0.15, 0.2) is 71.3 Å². The predicted molar refractivity (Wildman–Crippen MR) is 124 cm³/mol.